The number of phenols is 1. The predicted octanol–water partition coefficient (Wildman–Crippen LogP) is 2.42. The molecule has 0 radical (unpaired) electrons. The summed E-state index contributed by atoms with van der Waals surface area (Å²) in [6, 6.07) is 7.33. The van der Waals surface area contributed by atoms with Gasteiger partial charge in [-0.3, -0.25) is 9.48 Å². The van der Waals surface area contributed by atoms with E-state index < -0.39 is 0 Å². The molecule has 0 bridgehead atoms. The number of carbonyl (C=O) groups excluding carboxylic acids is 1. The van der Waals surface area contributed by atoms with Gasteiger partial charge in [-0.05, 0) is 42.5 Å². The molecular formula is C17H21N3O2. The van der Waals surface area contributed by atoms with Crippen LogP contribution >= 0.6 is 0 Å². The average molecular weight is 299 g/mol. The molecule has 2 aromatic rings. The Morgan fingerprint density at radius 2 is 2.14 bits per heavy atom. The van der Waals surface area contributed by atoms with Gasteiger partial charge in [0.1, 0.15) is 5.75 Å². The molecule has 1 unspecified atom stereocenters. The molecule has 116 valence electrons. The van der Waals surface area contributed by atoms with Gasteiger partial charge in [-0.25, -0.2) is 0 Å². The number of hydrogen-bond donors (Lipinski definition) is 1. The van der Waals surface area contributed by atoms with Gasteiger partial charge in [0.25, 0.3) is 0 Å². The van der Waals surface area contributed by atoms with Crippen LogP contribution in [0.15, 0.2) is 36.7 Å². The van der Waals surface area contributed by atoms with Crippen LogP contribution < -0.4 is 0 Å². The standard InChI is InChI=1S/C17H21N3O2/c1-19-12-13(11-18-19)4-9-17(22)20-10-2-3-16(20)14-5-7-15(21)8-6-14/h5-8,11-12,16,21H,2-4,9-10H2,1H3. The fraction of sp³-hybridized carbons (Fsp3) is 0.412. The zero-order chi connectivity index (χ0) is 15.5. The third kappa shape index (κ3) is 3.13. The lowest BCUT2D eigenvalue weighted by molar-refractivity contribution is -0.132. The first-order valence-corrected chi connectivity index (χ1v) is 7.69. The Hall–Kier alpha value is -2.30. The van der Waals surface area contributed by atoms with Crippen molar-refractivity contribution in [3.05, 3.63) is 47.8 Å². The summed E-state index contributed by atoms with van der Waals surface area (Å²) in [5.41, 5.74) is 2.20. The van der Waals surface area contributed by atoms with Crippen LogP contribution in [0.4, 0.5) is 0 Å². The lowest BCUT2D eigenvalue weighted by Gasteiger charge is -2.25. The zero-order valence-corrected chi connectivity index (χ0v) is 12.8. The zero-order valence-electron chi connectivity index (χ0n) is 12.8. The number of aromatic hydroxyl groups is 1. The SMILES string of the molecule is Cn1cc(CCC(=O)N2CCCC2c2ccc(O)cc2)cn1. The van der Waals surface area contributed by atoms with E-state index >= 15 is 0 Å². The lowest BCUT2D eigenvalue weighted by Crippen LogP contribution is -2.30. The number of carbonyl (C=O) groups is 1. The van der Waals surface area contributed by atoms with E-state index in [0.717, 1.165) is 36.9 Å². The second-order valence-corrected chi connectivity index (χ2v) is 5.86. The van der Waals surface area contributed by atoms with Crippen LogP contribution in [0.5, 0.6) is 5.75 Å². The van der Waals surface area contributed by atoms with Gasteiger partial charge >= 0.3 is 0 Å². The molecule has 1 saturated heterocycles. The summed E-state index contributed by atoms with van der Waals surface area (Å²) in [5.74, 6) is 0.454. The first-order valence-electron chi connectivity index (χ1n) is 7.69. The summed E-state index contributed by atoms with van der Waals surface area (Å²) in [6.07, 6.45) is 7.03. The van der Waals surface area contributed by atoms with Gasteiger partial charge in [0.2, 0.25) is 5.91 Å². The van der Waals surface area contributed by atoms with Crippen molar-refractivity contribution in [2.75, 3.05) is 6.54 Å². The number of nitrogens with zero attached hydrogens (tertiary/aromatic N) is 3. The van der Waals surface area contributed by atoms with Gasteiger partial charge in [0.05, 0.1) is 12.2 Å². The van der Waals surface area contributed by atoms with Crippen molar-refractivity contribution in [1.29, 1.82) is 0 Å². The number of benzene rings is 1. The molecule has 0 saturated carbocycles. The van der Waals surface area contributed by atoms with Gasteiger partial charge in [-0.1, -0.05) is 12.1 Å². The number of aromatic nitrogens is 2. The average Bonchev–Trinajstić information content (AvgIpc) is 3.14. The number of hydrogen-bond acceptors (Lipinski definition) is 3. The normalized spacial score (nSPS) is 17.9. The van der Waals surface area contributed by atoms with Crippen molar-refractivity contribution < 1.29 is 9.90 Å². The van der Waals surface area contributed by atoms with Crippen LogP contribution in [0.25, 0.3) is 0 Å². The maximum atomic E-state index is 12.5. The summed E-state index contributed by atoms with van der Waals surface area (Å²) in [4.78, 5) is 14.5. The van der Waals surface area contributed by atoms with Crippen molar-refractivity contribution >= 4 is 5.91 Å². The highest BCUT2D eigenvalue weighted by atomic mass is 16.3. The fourth-order valence-corrected chi connectivity index (χ4v) is 3.10. The molecule has 3 rings (SSSR count). The van der Waals surface area contributed by atoms with E-state index in [1.807, 2.05) is 36.5 Å². The molecule has 0 spiro atoms. The highest BCUT2D eigenvalue weighted by molar-refractivity contribution is 5.77. The molecular weight excluding hydrogens is 278 g/mol. The summed E-state index contributed by atoms with van der Waals surface area (Å²) in [6.45, 7) is 0.817. The third-order valence-corrected chi connectivity index (χ3v) is 4.24. The molecule has 1 fully saturated rings. The monoisotopic (exact) mass is 299 g/mol. The van der Waals surface area contributed by atoms with Crippen molar-refractivity contribution in [2.24, 2.45) is 7.05 Å². The van der Waals surface area contributed by atoms with Crippen LogP contribution in [0.2, 0.25) is 0 Å². The van der Waals surface area contributed by atoms with E-state index in [0.29, 0.717) is 6.42 Å². The molecule has 1 aliphatic rings. The Labute approximate surface area is 130 Å². The van der Waals surface area contributed by atoms with E-state index in [1.165, 1.54) is 0 Å². The number of aryl methyl sites for hydroxylation is 2. The molecule has 5 nitrogen and oxygen atoms in total. The van der Waals surface area contributed by atoms with Gasteiger partial charge in [0, 0.05) is 26.2 Å². The molecule has 22 heavy (non-hydrogen) atoms. The highest BCUT2D eigenvalue weighted by Crippen LogP contribution is 2.33. The Morgan fingerprint density at radius 1 is 1.36 bits per heavy atom. The fourth-order valence-electron chi connectivity index (χ4n) is 3.10. The molecule has 1 amide bonds. The Balaban J connectivity index is 1.64. The Bertz CT molecular complexity index is 648. The lowest BCUT2D eigenvalue weighted by atomic mass is 10.0. The molecule has 0 aliphatic carbocycles. The molecule has 2 heterocycles. The van der Waals surface area contributed by atoms with Gasteiger partial charge in [0.15, 0.2) is 0 Å². The van der Waals surface area contributed by atoms with E-state index in [1.54, 1.807) is 16.8 Å². The van der Waals surface area contributed by atoms with Crippen molar-refractivity contribution in [3.8, 4) is 5.75 Å². The van der Waals surface area contributed by atoms with Crippen molar-refractivity contribution in [2.45, 2.75) is 31.7 Å². The molecule has 1 N–H and O–H groups in total. The van der Waals surface area contributed by atoms with Gasteiger partial charge in [-0.2, -0.15) is 5.10 Å². The molecule has 1 aromatic carbocycles. The van der Waals surface area contributed by atoms with Crippen LogP contribution in [-0.2, 0) is 18.3 Å². The topological polar surface area (TPSA) is 58.4 Å². The second-order valence-electron chi connectivity index (χ2n) is 5.86. The van der Waals surface area contributed by atoms with Crippen LogP contribution in [0.3, 0.4) is 0 Å². The van der Waals surface area contributed by atoms with E-state index in [2.05, 4.69) is 5.10 Å². The predicted molar refractivity (Wildman–Crippen MR) is 83.3 cm³/mol. The number of likely N-dealkylation sites (tertiary alicyclic amines) is 1. The van der Waals surface area contributed by atoms with Gasteiger partial charge in [-0.15, -0.1) is 0 Å². The van der Waals surface area contributed by atoms with E-state index in [4.69, 9.17) is 0 Å². The molecule has 1 atom stereocenters. The van der Waals surface area contributed by atoms with E-state index in [-0.39, 0.29) is 17.7 Å². The summed E-state index contributed by atoms with van der Waals surface area (Å²) < 4.78 is 1.76. The van der Waals surface area contributed by atoms with Crippen molar-refractivity contribution in [1.82, 2.24) is 14.7 Å². The first kappa shape index (κ1) is 14.6. The first-order chi connectivity index (χ1) is 10.6. The summed E-state index contributed by atoms with van der Waals surface area (Å²) in [7, 11) is 1.88. The van der Waals surface area contributed by atoms with Gasteiger partial charge < -0.3 is 10.0 Å². The minimum Gasteiger partial charge on any atom is -0.508 e. The Morgan fingerprint density at radius 3 is 2.82 bits per heavy atom. The van der Waals surface area contributed by atoms with Crippen LogP contribution in [0.1, 0.15) is 36.4 Å². The number of rotatable bonds is 4. The smallest absolute Gasteiger partial charge is 0.223 e. The van der Waals surface area contributed by atoms with Crippen LogP contribution in [0, 0.1) is 0 Å². The minimum atomic E-state index is 0.141. The summed E-state index contributed by atoms with van der Waals surface area (Å²) in [5, 5.41) is 13.5. The molecule has 1 aromatic heterocycles. The second kappa shape index (κ2) is 6.22. The molecule has 5 heteroatoms. The maximum Gasteiger partial charge on any atom is 0.223 e. The number of phenolic OH excluding ortho intramolecular Hbond substituents is 1. The maximum absolute atomic E-state index is 12.5. The largest absolute Gasteiger partial charge is 0.508 e. The van der Waals surface area contributed by atoms with Crippen LogP contribution in [-0.4, -0.2) is 32.2 Å². The third-order valence-electron chi connectivity index (χ3n) is 4.24. The molecule has 1 aliphatic heterocycles. The minimum absolute atomic E-state index is 0.141. The van der Waals surface area contributed by atoms with Crippen molar-refractivity contribution in [3.63, 3.8) is 0 Å². The van der Waals surface area contributed by atoms with E-state index in [9.17, 15) is 9.90 Å². The quantitative estimate of drug-likeness (QED) is 0.943. The summed E-state index contributed by atoms with van der Waals surface area (Å²) >= 11 is 0. The Kier molecular flexibility index (Phi) is 4.13. The number of amides is 1. The highest BCUT2D eigenvalue weighted by Gasteiger charge is 2.29.